The topological polar surface area (TPSA) is 122 Å². The third kappa shape index (κ3) is 9.47. The molecule has 4 N–H and O–H groups in total. The number of carboxylic acid groups (broad SMARTS) is 2. The molecule has 0 aliphatic carbocycles. The molecule has 13 heteroatoms. The zero-order valence-electron chi connectivity index (χ0n) is 16.9. The second-order valence-corrected chi connectivity index (χ2v) is 8.69. The molecular weight excluding hydrogens is 605 g/mol. The van der Waals surface area contributed by atoms with Gasteiger partial charge in [-0.2, -0.15) is 0 Å². The molecule has 2 aromatic rings. The summed E-state index contributed by atoms with van der Waals surface area (Å²) in [5.74, 6) is -2.65. The number of nitrogens with zero attached hydrogens (tertiary/aromatic N) is 2. The summed E-state index contributed by atoms with van der Waals surface area (Å²) < 4.78 is 0. The van der Waals surface area contributed by atoms with Gasteiger partial charge in [-0.1, -0.05) is 46.4 Å². The van der Waals surface area contributed by atoms with Crippen LogP contribution in [-0.2, 0) is 42.8 Å². The molecule has 0 aromatic heterocycles. The normalized spacial score (nSPS) is 11.0. The number of carboxylic acids is 2. The summed E-state index contributed by atoms with van der Waals surface area (Å²) in [5, 5.41) is 39.5. The first-order chi connectivity index (χ1) is 15.0. The van der Waals surface area contributed by atoms with E-state index < -0.39 is 11.9 Å². The van der Waals surface area contributed by atoms with Crippen LogP contribution in [0.25, 0.3) is 0 Å². The predicted octanol–water partition coefficient (Wildman–Crippen LogP) is 4.18. The molecule has 0 saturated heterocycles. The summed E-state index contributed by atoms with van der Waals surface area (Å²) in [5.41, 5.74) is 0.653. The molecule has 0 spiro atoms. The van der Waals surface area contributed by atoms with Gasteiger partial charge >= 0.3 is 11.9 Å². The van der Waals surface area contributed by atoms with Crippen molar-refractivity contribution in [2.75, 3.05) is 26.2 Å². The van der Waals surface area contributed by atoms with E-state index in [0.29, 0.717) is 11.1 Å². The Hall–Kier alpha value is -1.29. The smallest absolute Gasteiger partial charge is 0.317 e. The monoisotopic (exact) mass is 623 g/mol. The van der Waals surface area contributed by atoms with E-state index in [2.05, 4.69) is 0 Å². The minimum atomic E-state index is -1.11. The van der Waals surface area contributed by atoms with Crippen molar-refractivity contribution in [3.8, 4) is 11.5 Å². The van der Waals surface area contributed by atoms with Crippen LogP contribution in [0.5, 0.6) is 11.5 Å². The van der Waals surface area contributed by atoms with Crippen LogP contribution in [-0.4, -0.2) is 68.3 Å². The summed E-state index contributed by atoms with van der Waals surface area (Å²) in [4.78, 5) is 25.6. The van der Waals surface area contributed by atoms with Crippen LogP contribution in [0, 0.1) is 0 Å². The van der Waals surface area contributed by atoms with E-state index in [1.165, 1.54) is 34.1 Å². The van der Waals surface area contributed by atoms with E-state index in [0.717, 1.165) is 0 Å². The van der Waals surface area contributed by atoms with Crippen LogP contribution in [0.15, 0.2) is 24.3 Å². The van der Waals surface area contributed by atoms with E-state index >= 15 is 0 Å². The van der Waals surface area contributed by atoms with E-state index in [1.54, 1.807) is 0 Å². The quantitative estimate of drug-likeness (QED) is 0.294. The van der Waals surface area contributed by atoms with Crippen LogP contribution in [0.1, 0.15) is 11.1 Å². The Morgan fingerprint density at radius 2 is 1.03 bits per heavy atom. The van der Waals surface area contributed by atoms with Gasteiger partial charge in [0.05, 0.1) is 23.1 Å². The Balaban J connectivity index is 0.00000544. The van der Waals surface area contributed by atoms with Crippen molar-refractivity contribution in [1.82, 2.24) is 9.80 Å². The van der Waals surface area contributed by atoms with Crippen molar-refractivity contribution < 1.29 is 50.1 Å². The van der Waals surface area contributed by atoms with Crippen molar-refractivity contribution in [3.63, 3.8) is 0 Å². The Morgan fingerprint density at radius 3 is 1.33 bits per heavy atom. The van der Waals surface area contributed by atoms with Crippen molar-refractivity contribution in [2.24, 2.45) is 0 Å². The molecule has 0 unspecified atom stereocenters. The van der Waals surface area contributed by atoms with Gasteiger partial charge in [0.1, 0.15) is 11.5 Å². The van der Waals surface area contributed by atoms with Crippen LogP contribution >= 0.6 is 46.4 Å². The Kier molecular flexibility index (Phi) is 12.2. The third-order valence-electron chi connectivity index (χ3n) is 4.45. The fourth-order valence-electron chi connectivity index (χ4n) is 3.05. The first-order valence-corrected chi connectivity index (χ1v) is 10.7. The van der Waals surface area contributed by atoms with Gasteiger partial charge in [0, 0.05) is 67.5 Å². The SMILES string of the molecule is O=C(O)CN(CCN(CC(=O)O)Cc1cc(Cl)cc(Cl)c1O)Cc1cc(Cl)cc(Cl)c1O.[99Tc]. The van der Waals surface area contributed by atoms with Crippen molar-refractivity contribution in [2.45, 2.75) is 13.1 Å². The molecule has 0 atom stereocenters. The van der Waals surface area contributed by atoms with Crippen LogP contribution in [0.2, 0.25) is 20.1 Å². The number of hydrogen-bond acceptors (Lipinski definition) is 6. The van der Waals surface area contributed by atoms with E-state index in [9.17, 15) is 30.0 Å². The number of benzene rings is 2. The molecule has 0 aliphatic heterocycles. The average molecular weight is 625 g/mol. The number of phenols is 2. The summed E-state index contributed by atoms with van der Waals surface area (Å²) in [6, 6.07) is 5.67. The van der Waals surface area contributed by atoms with Gasteiger partial charge in [-0.05, 0) is 24.3 Å². The van der Waals surface area contributed by atoms with Gasteiger partial charge in [0.25, 0.3) is 0 Å². The number of hydrogen-bond donors (Lipinski definition) is 4. The molecule has 8 nitrogen and oxygen atoms in total. The zero-order valence-corrected chi connectivity index (χ0v) is 21.8. The van der Waals surface area contributed by atoms with Crippen LogP contribution < -0.4 is 0 Å². The van der Waals surface area contributed by atoms with Gasteiger partial charge in [-0.25, -0.2) is 0 Å². The van der Waals surface area contributed by atoms with Crippen molar-refractivity contribution >= 4 is 58.3 Å². The molecular formula is C20H20Cl4N2O6Tc. The van der Waals surface area contributed by atoms with Crippen LogP contribution in [0.4, 0.5) is 0 Å². The van der Waals surface area contributed by atoms with Gasteiger partial charge in [0.2, 0.25) is 0 Å². The average Bonchev–Trinajstić information content (AvgIpc) is 2.66. The summed E-state index contributed by atoms with van der Waals surface area (Å²) >= 11 is 23.8. The van der Waals surface area contributed by atoms with Crippen LogP contribution in [0.3, 0.4) is 0 Å². The van der Waals surface area contributed by atoms with E-state index in [4.69, 9.17) is 46.4 Å². The van der Waals surface area contributed by atoms with Gasteiger partial charge < -0.3 is 20.4 Å². The molecule has 0 fully saturated rings. The Bertz CT molecular complexity index is 932. The molecule has 0 bridgehead atoms. The first kappa shape index (κ1) is 29.7. The van der Waals surface area contributed by atoms with Gasteiger partial charge in [-0.15, -0.1) is 0 Å². The summed E-state index contributed by atoms with van der Waals surface area (Å²) in [6.45, 7) is -0.491. The first-order valence-electron chi connectivity index (χ1n) is 9.18. The van der Waals surface area contributed by atoms with Gasteiger partial charge in [0.15, 0.2) is 0 Å². The number of aromatic hydroxyl groups is 2. The molecule has 2 aromatic carbocycles. The molecule has 1 radical (unpaired) electrons. The fraction of sp³-hybridized carbons (Fsp3) is 0.300. The molecule has 0 aliphatic rings. The molecule has 33 heavy (non-hydrogen) atoms. The largest absolute Gasteiger partial charge is 0.506 e. The molecule has 0 saturated carbocycles. The molecule has 0 heterocycles. The minimum absolute atomic E-state index is 0. The number of phenolic OH excluding ortho intramolecular Hbond substituents is 2. The summed E-state index contributed by atoms with van der Waals surface area (Å²) in [7, 11) is 0. The summed E-state index contributed by atoms with van der Waals surface area (Å²) in [6.07, 6.45) is 0. The Labute approximate surface area is 223 Å². The number of carbonyl (C=O) groups is 2. The maximum atomic E-state index is 11.3. The maximum Gasteiger partial charge on any atom is 0.317 e. The number of rotatable bonds is 11. The third-order valence-corrected chi connectivity index (χ3v) is 5.46. The fourth-order valence-corrected chi connectivity index (χ4v) is 4.13. The van der Waals surface area contributed by atoms with E-state index in [1.807, 2.05) is 0 Å². The van der Waals surface area contributed by atoms with Crippen molar-refractivity contribution in [3.05, 3.63) is 55.5 Å². The van der Waals surface area contributed by atoms with E-state index in [-0.39, 0.29) is 91.0 Å². The molecule has 2 rings (SSSR count). The number of aliphatic carboxylic acids is 2. The zero-order chi connectivity index (χ0) is 24.0. The Morgan fingerprint density at radius 1 is 0.697 bits per heavy atom. The predicted molar refractivity (Wildman–Crippen MR) is 122 cm³/mol. The second kappa shape index (κ2) is 13.6. The number of halogens is 4. The maximum absolute atomic E-state index is 11.3. The van der Waals surface area contributed by atoms with Gasteiger partial charge in [-0.3, -0.25) is 19.4 Å². The second-order valence-electron chi connectivity index (χ2n) is 7.00. The molecule has 0 amide bonds. The molecule has 181 valence electrons. The van der Waals surface area contributed by atoms with Crippen molar-refractivity contribution in [1.29, 1.82) is 0 Å². The minimum Gasteiger partial charge on any atom is -0.506 e. The standard InChI is InChI=1S/C20H20Cl4N2O6.Tc/c21-13-3-11(19(31)15(23)5-13)7-25(9-17(27)28)1-2-26(10-18(29)30)8-12-4-14(22)6-16(24)20(12)32;/h3-6,31-32H,1-2,7-10H2,(H,27,28)(H,29,30);/i;1+1.